The van der Waals surface area contributed by atoms with E-state index < -0.39 is 6.16 Å². The molecule has 1 aliphatic carbocycles. The van der Waals surface area contributed by atoms with Crippen molar-refractivity contribution in [2.75, 3.05) is 5.75 Å². The number of nitrogens with zero attached hydrogens (tertiary/aromatic N) is 2. The number of thioether (sulfide) groups is 1. The first-order valence-electron chi connectivity index (χ1n) is 10.7. The van der Waals surface area contributed by atoms with E-state index >= 15 is 0 Å². The Bertz CT molecular complexity index is 943. The molecule has 0 spiro atoms. The van der Waals surface area contributed by atoms with Gasteiger partial charge in [0.1, 0.15) is 0 Å². The van der Waals surface area contributed by atoms with Crippen LogP contribution >= 0.6 is 11.8 Å². The van der Waals surface area contributed by atoms with Crippen molar-refractivity contribution in [2.24, 2.45) is 5.92 Å². The summed E-state index contributed by atoms with van der Waals surface area (Å²) in [5, 5.41) is 14.8. The van der Waals surface area contributed by atoms with Crippen LogP contribution in [0.25, 0.3) is 22.4 Å². The predicted octanol–water partition coefficient (Wildman–Crippen LogP) is 7.10. The van der Waals surface area contributed by atoms with Gasteiger partial charge in [0, 0.05) is 23.1 Å². The van der Waals surface area contributed by atoms with Gasteiger partial charge in [0.25, 0.3) is 0 Å². The zero-order valence-corrected chi connectivity index (χ0v) is 18.3. The molecule has 1 fully saturated rings. The van der Waals surface area contributed by atoms with Crippen LogP contribution in [0.1, 0.15) is 38.5 Å². The van der Waals surface area contributed by atoms with Crippen LogP contribution < -0.4 is 0 Å². The first-order chi connectivity index (χ1) is 15.1. The second-order valence-electron chi connectivity index (χ2n) is 7.57. The number of hydrogen-bond acceptors (Lipinski definition) is 4. The molecule has 5 nitrogen and oxygen atoms in total. The van der Waals surface area contributed by atoms with Crippen molar-refractivity contribution in [1.82, 2.24) is 9.97 Å². The van der Waals surface area contributed by atoms with E-state index in [4.69, 9.17) is 20.0 Å². The largest absolute Gasteiger partial charge is 0.503 e. The van der Waals surface area contributed by atoms with Gasteiger partial charge in [-0.05, 0) is 17.9 Å². The van der Waals surface area contributed by atoms with Gasteiger partial charge in [-0.1, -0.05) is 105 Å². The predicted molar refractivity (Wildman–Crippen MR) is 125 cm³/mol. The fourth-order valence-corrected chi connectivity index (χ4v) is 4.18. The Morgan fingerprint density at radius 2 is 1.52 bits per heavy atom. The lowest BCUT2D eigenvalue weighted by Crippen LogP contribution is -1.95. The van der Waals surface area contributed by atoms with Gasteiger partial charge in [-0.3, -0.25) is 0 Å². The average molecular weight is 437 g/mol. The lowest BCUT2D eigenvalue weighted by atomic mass is 10.0. The van der Waals surface area contributed by atoms with Crippen molar-refractivity contribution < 1.29 is 15.0 Å². The first-order valence-corrected chi connectivity index (χ1v) is 11.6. The van der Waals surface area contributed by atoms with Crippen LogP contribution in [0.4, 0.5) is 4.79 Å². The fraction of sp³-hybridized carbons (Fsp3) is 0.320. The summed E-state index contributed by atoms with van der Waals surface area (Å²) in [6.45, 7) is 0. The van der Waals surface area contributed by atoms with E-state index in [0.717, 1.165) is 39.2 Å². The lowest BCUT2D eigenvalue weighted by Gasteiger charge is -2.11. The summed E-state index contributed by atoms with van der Waals surface area (Å²) in [4.78, 5) is 18.1. The molecule has 3 aromatic rings. The first kappa shape index (κ1) is 22.8. The summed E-state index contributed by atoms with van der Waals surface area (Å²) >= 11 is 1.79. The van der Waals surface area contributed by atoms with E-state index in [2.05, 4.69) is 53.5 Å². The molecule has 6 heteroatoms. The van der Waals surface area contributed by atoms with Gasteiger partial charge in [0.05, 0.1) is 5.69 Å². The van der Waals surface area contributed by atoms with Gasteiger partial charge in [0.15, 0.2) is 5.16 Å². The fourth-order valence-electron chi connectivity index (χ4n) is 3.36. The maximum atomic E-state index is 8.56. The molecule has 1 heterocycles. The zero-order chi connectivity index (χ0) is 21.9. The Hall–Kier alpha value is -2.86. The molecule has 2 N–H and O–H groups in total. The highest BCUT2D eigenvalue weighted by Crippen LogP contribution is 2.34. The van der Waals surface area contributed by atoms with Crippen molar-refractivity contribution in [3.05, 3.63) is 66.9 Å². The number of unbranched alkanes of at least 4 members (excludes halogenated alkanes) is 2. The van der Waals surface area contributed by atoms with Crippen LogP contribution in [0, 0.1) is 5.92 Å². The highest BCUT2D eigenvalue weighted by molar-refractivity contribution is 7.99. The van der Waals surface area contributed by atoms with Crippen molar-refractivity contribution >= 4 is 17.9 Å². The lowest BCUT2D eigenvalue weighted by molar-refractivity contribution is 0.137. The average Bonchev–Trinajstić information content (AvgIpc) is 3.61. The quantitative estimate of drug-likeness (QED) is 0.211. The third-order valence-corrected chi connectivity index (χ3v) is 6.03. The van der Waals surface area contributed by atoms with E-state index in [-0.39, 0.29) is 0 Å². The molecule has 1 saturated carbocycles. The summed E-state index contributed by atoms with van der Waals surface area (Å²) in [5.74, 6) is 2.16. The maximum absolute atomic E-state index is 8.56. The number of carbonyl (C=O) groups is 1. The molecule has 0 unspecified atom stereocenters. The van der Waals surface area contributed by atoms with Crippen LogP contribution in [0.15, 0.2) is 72.0 Å². The SMILES string of the molecule is O=C(O)O.c1ccc(-c2cnc(SCCCCCC3CC3)nc2-c2ccccc2)cc1. The molecule has 0 atom stereocenters. The Balaban J connectivity index is 0.000000628. The summed E-state index contributed by atoms with van der Waals surface area (Å²) in [5.41, 5.74) is 4.42. The van der Waals surface area contributed by atoms with E-state index in [1.165, 1.54) is 38.5 Å². The number of hydrogen-bond donors (Lipinski definition) is 2. The van der Waals surface area contributed by atoms with Gasteiger partial charge >= 0.3 is 6.16 Å². The molecule has 1 aliphatic rings. The Labute approximate surface area is 187 Å². The minimum atomic E-state index is -1.83. The summed E-state index contributed by atoms with van der Waals surface area (Å²) in [6.07, 6.45) is 8.50. The van der Waals surface area contributed by atoms with E-state index in [1.807, 2.05) is 18.3 Å². The molecule has 0 aliphatic heterocycles. The number of rotatable bonds is 9. The topological polar surface area (TPSA) is 83.3 Å². The van der Waals surface area contributed by atoms with Gasteiger partial charge in [-0.25, -0.2) is 14.8 Å². The standard InChI is InChI=1S/C24H26N2S.CH2O3/c1-5-11-20(12-6-1)22-18-25-24(26-23(22)21-13-7-2-8-14-21)27-17-9-3-4-10-19-15-16-19;2-1(3)4/h1-2,5-8,11-14,18-19H,3-4,9-10,15-17H2;(H2,2,3,4). The second-order valence-corrected chi connectivity index (χ2v) is 8.63. The van der Waals surface area contributed by atoms with Crippen molar-refractivity contribution in [3.8, 4) is 22.4 Å². The van der Waals surface area contributed by atoms with E-state index in [1.54, 1.807) is 11.8 Å². The number of benzene rings is 2. The van der Waals surface area contributed by atoms with Gasteiger partial charge in [-0.2, -0.15) is 0 Å². The highest BCUT2D eigenvalue weighted by Gasteiger charge is 2.19. The van der Waals surface area contributed by atoms with Gasteiger partial charge in [0.2, 0.25) is 0 Å². The molecule has 0 radical (unpaired) electrons. The van der Waals surface area contributed by atoms with E-state index in [0.29, 0.717) is 0 Å². The molecular weight excluding hydrogens is 408 g/mol. The summed E-state index contributed by atoms with van der Waals surface area (Å²) in [7, 11) is 0. The minimum absolute atomic E-state index is 0.885. The van der Waals surface area contributed by atoms with Crippen LogP contribution in [-0.2, 0) is 0 Å². The van der Waals surface area contributed by atoms with Crippen molar-refractivity contribution in [3.63, 3.8) is 0 Å². The van der Waals surface area contributed by atoms with Gasteiger partial charge < -0.3 is 10.2 Å². The molecule has 0 bridgehead atoms. The molecule has 4 rings (SSSR count). The Morgan fingerprint density at radius 1 is 0.903 bits per heavy atom. The monoisotopic (exact) mass is 436 g/mol. The Morgan fingerprint density at radius 3 is 2.13 bits per heavy atom. The maximum Gasteiger partial charge on any atom is 0.503 e. The molecular formula is C25H28N2O3S. The third-order valence-electron chi connectivity index (χ3n) is 5.08. The van der Waals surface area contributed by atoms with Crippen LogP contribution in [0.2, 0.25) is 0 Å². The molecule has 2 aromatic carbocycles. The molecule has 1 aromatic heterocycles. The molecule has 162 valence electrons. The van der Waals surface area contributed by atoms with Crippen molar-refractivity contribution in [1.29, 1.82) is 0 Å². The smallest absolute Gasteiger partial charge is 0.450 e. The van der Waals surface area contributed by atoms with Crippen LogP contribution in [0.5, 0.6) is 0 Å². The normalized spacial score (nSPS) is 12.6. The van der Waals surface area contributed by atoms with Crippen LogP contribution in [-0.4, -0.2) is 32.1 Å². The molecule has 0 saturated heterocycles. The zero-order valence-electron chi connectivity index (χ0n) is 17.5. The Kier molecular flexibility index (Phi) is 8.91. The van der Waals surface area contributed by atoms with Crippen molar-refractivity contribution in [2.45, 2.75) is 43.7 Å². The minimum Gasteiger partial charge on any atom is -0.450 e. The highest BCUT2D eigenvalue weighted by atomic mass is 32.2. The van der Waals surface area contributed by atoms with Gasteiger partial charge in [-0.15, -0.1) is 0 Å². The number of carboxylic acid groups (broad SMARTS) is 2. The molecule has 31 heavy (non-hydrogen) atoms. The summed E-state index contributed by atoms with van der Waals surface area (Å²) in [6, 6.07) is 20.8. The van der Waals surface area contributed by atoms with Crippen LogP contribution in [0.3, 0.4) is 0 Å². The van der Waals surface area contributed by atoms with E-state index in [9.17, 15) is 0 Å². The number of aromatic nitrogens is 2. The third kappa shape index (κ3) is 8.06. The molecule has 0 amide bonds. The second kappa shape index (κ2) is 12.1. The summed E-state index contributed by atoms with van der Waals surface area (Å²) < 4.78 is 0.